The Kier molecular flexibility index (Phi) is 19.1. The van der Waals surface area contributed by atoms with Crippen LogP contribution in [0.3, 0.4) is 0 Å². The summed E-state index contributed by atoms with van der Waals surface area (Å²) in [4.78, 5) is 74.2. The van der Waals surface area contributed by atoms with Gasteiger partial charge in [-0.3, -0.25) is 19.4 Å². The first-order valence-electron chi connectivity index (χ1n) is 11.4. The van der Waals surface area contributed by atoms with Crippen LogP contribution in [-0.2, 0) is 18.7 Å². The topological polar surface area (TPSA) is 167 Å². The molecule has 0 aliphatic carbocycles. The van der Waals surface area contributed by atoms with Gasteiger partial charge in [-0.1, -0.05) is 84.9 Å². The average molecular weight is 654 g/mol. The molecule has 0 fully saturated rings. The fraction of sp³-hybridized carbons (Fsp3) is 0.0370. The minimum atomic E-state index is -5.39. The predicted molar refractivity (Wildman–Crippen MR) is 140 cm³/mol. The fourth-order valence-electron chi connectivity index (χ4n) is 4.09. The van der Waals surface area contributed by atoms with Crippen molar-refractivity contribution in [2.75, 3.05) is 16.5 Å². The van der Waals surface area contributed by atoms with E-state index in [0.717, 1.165) is 21.9 Å². The molecule has 0 N–H and O–H groups in total. The number of carbonyl (C=O) groups is 2. The zero-order chi connectivity index (χ0) is 28.2. The molecule has 0 aliphatic heterocycles. The van der Waals surface area contributed by atoms with E-state index in [0.29, 0.717) is 22.3 Å². The van der Waals surface area contributed by atoms with Crippen molar-refractivity contribution in [2.24, 2.45) is 0 Å². The van der Waals surface area contributed by atoms with Crippen molar-refractivity contribution in [1.29, 1.82) is 0 Å². The van der Waals surface area contributed by atoms with Gasteiger partial charge in [0.1, 0.15) is 6.67 Å². The number of hydrogen-bond donors (Lipinski definition) is 0. The summed E-state index contributed by atoms with van der Waals surface area (Å²) in [6, 6.07) is 25.0. The Morgan fingerprint density at radius 1 is 0.512 bits per heavy atom. The van der Waals surface area contributed by atoms with Crippen molar-refractivity contribution in [3.8, 4) is 22.3 Å². The fourth-order valence-corrected chi connectivity index (χ4v) is 5.55. The Morgan fingerprint density at radius 2 is 0.837 bits per heavy atom. The molecule has 0 spiro atoms. The molecule has 0 unspecified atom stereocenters. The normalized spacial score (nSPS) is 10.5. The quantitative estimate of drug-likeness (QED) is 0.0704. The van der Waals surface area contributed by atoms with Crippen LogP contribution in [0.15, 0.2) is 97.1 Å². The minimum absolute atomic E-state index is 0. The van der Waals surface area contributed by atoms with Crippen molar-refractivity contribution in [1.82, 2.24) is 0 Å². The van der Waals surface area contributed by atoms with E-state index < -0.39 is 32.5 Å². The Balaban J connectivity index is 0.00000441. The van der Waals surface area contributed by atoms with E-state index in [4.69, 9.17) is 0 Å². The van der Waals surface area contributed by atoms with Crippen LogP contribution >= 0.6 is 15.2 Å². The van der Waals surface area contributed by atoms with E-state index in [1.807, 2.05) is 0 Å². The monoisotopic (exact) mass is 654 g/mol. The van der Waals surface area contributed by atoms with Crippen molar-refractivity contribution in [3.05, 3.63) is 97.1 Å². The molecule has 0 saturated heterocycles. The number of amides is 2. The Labute approximate surface area is 337 Å². The van der Waals surface area contributed by atoms with Crippen LogP contribution in [0.25, 0.3) is 22.3 Å². The first-order valence-corrected chi connectivity index (χ1v) is 14.5. The molecule has 0 aliphatic rings. The molecule has 4 aromatic carbocycles. The smallest absolute Gasteiger partial charge is 0.807 e. The number of benzene rings is 4. The molecule has 0 aromatic heterocycles. The second kappa shape index (κ2) is 19.1. The van der Waals surface area contributed by atoms with E-state index in [2.05, 4.69) is 0 Å². The number of nitrogens with zero attached hydrogens (tertiary/aromatic N) is 2. The third-order valence-electron chi connectivity index (χ3n) is 5.93. The van der Waals surface area contributed by atoms with Crippen LogP contribution in [0.5, 0.6) is 0 Å². The van der Waals surface area contributed by atoms with Gasteiger partial charge in [0, 0.05) is 10.6 Å². The number of anilines is 2. The van der Waals surface area contributed by atoms with Crippen molar-refractivity contribution in [3.63, 3.8) is 0 Å². The summed E-state index contributed by atoms with van der Waals surface area (Å²) >= 11 is 0. The molecule has 200 valence electrons. The van der Waals surface area contributed by atoms with Gasteiger partial charge in [-0.05, 0) is 49.6 Å². The summed E-state index contributed by atoms with van der Waals surface area (Å²) in [7, 11) is -10.8. The van der Waals surface area contributed by atoms with Crippen molar-refractivity contribution < 1.29 is 157 Å². The molecule has 43 heavy (non-hydrogen) atoms. The second-order valence-electron chi connectivity index (χ2n) is 8.43. The van der Waals surface area contributed by atoms with Crippen LogP contribution in [0.2, 0.25) is 0 Å². The van der Waals surface area contributed by atoms with Crippen molar-refractivity contribution in [2.45, 2.75) is 0 Å². The molecule has 4 rings (SSSR count). The summed E-state index contributed by atoms with van der Waals surface area (Å²) in [5.74, 6) is 0. The summed E-state index contributed by atoms with van der Waals surface area (Å²) < 4.78 is 24.1. The van der Waals surface area contributed by atoms with Gasteiger partial charge in [0.2, 0.25) is 12.8 Å². The van der Waals surface area contributed by atoms with Crippen LogP contribution < -0.4 is 158 Å². The zero-order valence-electron chi connectivity index (χ0n) is 24.2. The minimum Gasteiger partial charge on any atom is -0.807 e. The van der Waals surface area contributed by atoms with Crippen LogP contribution in [0, 0.1) is 0 Å². The molecule has 0 heterocycles. The standard InChI is InChI=1S/C27H24N2O8P2.4Na/c30-18-28(24-15-22(20-7-3-1-4-8-20)11-13-26(24)38(32,33)34)17-29(19-31)25-16-23(21-9-5-2-6-10-21)12-14-27(25)39(35,36)37;;;;/h1-16,18-19H,17H2,(H2,32,33,34)(H2,35,36,37);;;;/q;4*+1/p-4. The maximum absolute atomic E-state index is 12.2. The molecular weight excluding hydrogens is 634 g/mol. The maximum atomic E-state index is 12.2. The van der Waals surface area contributed by atoms with E-state index in [1.165, 1.54) is 24.3 Å². The van der Waals surface area contributed by atoms with Gasteiger partial charge < -0.3 is 28.7 Å². The summed E-state index contributed by atoms with van der Waals surface area (Å²) in [6.07, 6.45) is 0.406. The van der Waals surface area contributed by atoms with Gasteiger partial charge in [0.15, 0.2) is 0 Å². The maximum Gasteiger partial charge on any atom is 1.00 e. The van der Waals surface area contributed by atoms with Crippen LogP contribution in [0.4, 0.5) is 11.4 Å². The summed E-state index contributed by atoms with van der Waals surface area (Å²) in [5.41, 5.74) is 1.63. The molecule has 4 aromatic rings. The van der Waals surface area contributed by atoms with Gasteiger partial charge >= 0.3 is 118 Å². The summed E-state index contributed by atoms with van der Waals surface area (Å²) in [5, 5.41) is -1.39. The third-order valence-corrected chi connectivity index (χ3v) is 7.87. The van der Waals surface area contributed by atoms with Gasteiger partial charge in [0.05, 0.1) is 11.4 Å². The van der Waals surface area contributed by atoms with E-state index in [1.54, 1.807) is 60.7 Å². The van der Waals surface area contributed by atoms with Crippen LogP contribution in [0.1, 0.15) is 0 Å². The van der Waals surface area contributed by atoms with Gasteiger partial charge in [-0.25, -0.2) is 0 Å². The predicted octanol–water partition coefficient (Wildman–Crippen LogP) is -11.3. The molecule has 2 amide bonds. The molecule has 0 bridgehead atoms. The number of hydrogen-bond acceptors (Lipinski definition) is 8. The molecule has 16 heteroatoms. The first kappa shape index (κ1) is 43.1. The molecule has 10 nitrogen and oxygen atoms in total. The van der Waals surface area contributed by atoms with Gasteiger partial charge in [-0.15, -0.1) is 0 Å². The van der Waals surface area contributed by atoms with E-state index in [-0.39, 0.29) is 142 Å². The third kappa shape index (κ3) is 11.1. The first-order chi connectivity index (χ1) is 18.5. The van der Waals surface area contributed by atoms with Crippen molar-refractivity contribution >= 4 is 50.0 Å². The van der Waals surface area contributed by atoms with E-state index in [9.17, 15) is 38.3 Å². The Morgan fingerprint density at radius 3 is 1.12 bits per heavy atom. The summed E-state index contributed by atoms with van der Waals surface area (Å²) in [6.45, 7) is -0.705. The van der Waals surface area contributed by atoms with Crippen LogP contribution in [-0.4, -0.2) is 19.5 Å². The zero-order valence-corrected chi connectivity index (χ0v) is 33.9. The molecule has 0 atom stereocenters. The number of rotatable bonds is 10. The Bertz CT molecular complexity index is 1490. The second-order valence-corrected chi connectivity index (χ2v) is 11.4. The largest absolute Gasteiger partial charge is 1.00 e. The Hall–Kier alpha value is 0.120. The van der Waals surface area contributed by atoms with Gasteiger partial charge in [0.25, 0.3) is 0 Å². The number of carbonyl (C=O) groups excluding carboxylic acids is 2. The average Bonchev–Trinajstić information content (AvgIpc) is 2.93. The molecular formula is C27H20N2Na4O8P2. The van der Waals surface area contributed by atoms with E-state index >= 15 is 0 Å². The van der Waals surface area contributed by atoms with Gasteiger partial charge in [-0.2, -0.15) is 0 Å². The molecule has 0 radical (unpaired) electrons. The SMILES string of the molecule is O=CN(CN(C=O)c1cc(-c2ccccc2)ccc1P(=O)([O-])[O-])c1cc(-c2ccccc2)ccc1P(=O)([O-])[O-].[Na+].[Na+].[Na+].[Na+]. The molecule has 0 saturated carbocycles.